The Morgan fingerprint density at radius 3 is 2.62 bits per heavy atom. The van der Waals surface area contributed by atoms with Crippen molar-refractivity contribution in [2.75, 3.05) is 20.2 Å². The number of piperazine rings is 1. The molecule has 0 amide bonds. The Labute approximate surface area is 128 Å². The fourth-order valence-electron chi connectivity index (χ4n) is 3.85. The van der Waals surface area contributed by atoms with E-state index in [1.54, 1.807) is 7.11 Å². The van der Waals surface area contributed by atoms with Gasteiger partial charge in [-0.1, -0.05) is 31.0 Å². The van der Waals surface area contributed by atoms with Crippen molar-refractivity contribution >= 4 is 0 Å². The van der Waals surface area contributed by atoms with Crippen molar-refractivity contribution in [2.45, 2.75) is 57.2 Å². The van der Waals surface area contributed by atoms with Crippen molar-refractivity contribution in [3.63, 3.8) is 0 Å². The van der Waals surface area contributed by atoms with Gasteiger partial charge in [-0.25, -0.2) is 0 Å². The number of nitrogens with one attached hydrogen (secondary N) is 1. The van der Waals surface area contributed by atoms with Crippen LogP contribution < -0.4 is 10.1 Å². The number of ether oxygens (including phenoxy) is 1. The van der Waals surface area contributed by atoms with Crippen LogP contribution in [-0.2, 0) is 6.54 Å². The van der Waals surface area contributed by atoms with Crippen molar-refractivity contribution < 1.29 is 4.74 Å². The van der Waals surface area contributed by atoms with Crippen LogP contribution in [0.4, 0.5) is 0 Å². The minimum Gasteiger partial charge on any atom is -0.496 e. The molecule has 1 heterocycles. The highest BCUT2D eigenvalue weighted by atomic mass is 16.5. The summed E-state index contributed by atoms with van der Waals surface area (Å²) in [6.07, 6.45) is 5.39. The van der Waals surface area contributed by atoms with E-state index in [0.29, 0.717) is 5.54 Å². The van der Waals surface area contributed by atoms with Gasteiger partial charge in [0, 0.05) is 36.3 Å². The molecule has 1 N–H and O–H groups in total. The highest BCUT2D eigenvalue weighted by Crippen LogP contribution is 2.37. The lowest BCUT2D eigenvalue weighted by molar-refractivity contribution is 0.0212. The Morgan fingerprint density at radius 1 is 1.19 bits per heavy atom. The molecule has 1 saturated carbocycles. The summed E-state index contributed by atoms with van der Waals surface area (Å²) >= 11 is 0. The summed E-state index contributed by atoms with van der Waals surface area (Å²) in [7, 11) is 1.76. The summed E-state index contributed by atoms with van der Waals surface area (Å²) in [5.41, 5.74) is 1.84. The standard InChI is InChI=1S/C18H28N2O/c1-17(2)13-19-18(10-6-7-11-18)14-20(17)12-15-8-4-5-9-16(15)21-3/h4-5,8-9,19H,6-7,10-14H2,1-3H3. The zero-order chi connectivity index (χ0) is 14.9. The zero-order valence-electron chi connectivity index (χ0n) is 13.6. The quantitative estimate of drug-likeness (QED) is 0.924. The van der Waals surface area contributed by atoms with E-state index in [9.17, 15) is 0 Å². The third-order valence-corrected chi connectivity index (χ3v) is 5.36. The van der Waals surface area contributed by atoms with E-state index < -0.39 is 0 Å². The Morgan fingerprint density at radius 2 is 1.90 bits per heavy atom. The Kier molecular flexibility index (Phi) is 3.98. The molecule has 21 heavy (non-hydrogen) atoms. The maximum absolute atomic E-state index is 5.53. The van der Waals surface area contributed by atoms with Crippen LogP contribution in [0.2, 0.25) is 0 Å². The van der Waals surface area contributed by atoms with Crippen LogP contribution in [0.1, 0.15) is 45.1 Å². The summed E-state index contributed by atoms with van der Waals surface area (Å²) < 4.78 is 5.53. The van der Waals surface area contributed by atoms with Crippen molar-refractivity contribution in [1.29, 1.82) is 0 Å². The summed E-state index contributed by atoms with van der Waals surface area (Å²) in [4.78, 5) is 2.65. The molecule has 0 atom stereocenters. The minimum absolute atomic E-state index is 0.189. The molecule has 0 bridgehead atoms. The van der Waals surface area contributed by atoms with Crippen molar-refractivity contribution in [3.05, 3.63) is 29.8 Å². The first-order chi connectivity index (χ1) is 10.0. The van der Waals surface area contributed by atoms with Crippen LogP contribution in [0.25, 0.3) is 0 Å². The van der Waals surface area contributed by atoms with Crippen LogP contribution in [0, 0.1) is 0 Å². The fourth-order valence-corrected chi connectivity index (χ4v) is 3.85. The zero-order valence-corrected chi connectivity index (χ0v) is 13.6. The van der Waals surface area contributed by atoms with Crippen LogP contribution in [0.5, 0.6) is 5.75 Å². The van der Waals surface area contributed by atoms with Crippen molar-refractivity contribution in [3.8, 4) is 5.75 Å². The van der Waals surface area contributed by atoms with Crippen LogP contribution >= 0.6 is 0 Å². The van der Waals surface area contributed by atoms with Gasteiger partial charge in [0.25, 0.3) is 0 Å². The van der Waals surface area contributed by atoms with Crippen LogP contribution in [0.15, 0.2) is 24.3 Å². The second kappa shape index (κ2) is 5.62. The number of para-hydroxylation sites is 1. The van der Waals surface area contributed by atoms with Gasteiger partial charge in [0.05, 0.1) is 7.11 Å². The lowest BCUT2D eigenvalue weighted by Crippen LogP contribution is -2.66. The highest BCUT2D eigenvalue weighted by molar-refractivity contribution is 5.33. The average Bonchev–Trinajstić information content (AvgIpc) is 2.93. The molecule has 3 heteroatoms. The molecule has 3 rings (SSSR count). The molecule has 1 saturated heterocycles. The Bertz CT molecular complexity index is 492. The molecule has 2 aliphatic rings. The first-order valence-electron chi connectivity index (χ1n) is 8.17. The van der Waals surface area contributed by atoms with Crippen LogP contribution in [-0.4, -0.2) is 36.2 Å². The topological polar surface area (TPSA) is 24.5 Å². The summed E-state index contributed by atoms with van der Waals surface area (Å²) in [6, 6.07) is 8.41. The Balaban J connectivity index is 1.80. The monoisotopic (exact) mass is 288 g/mol. The largest absolute Gasteiger partial charge is 0.496 e. The van der Waals surface area contributed by atoms with E-state index in [1.165, 1.54) is 31.2 Å². The first-order valence-corrected chi connectivity index (χ1v) is 8.17. The van der Waals surface area contributed by atoms with Gasteiger partial charge >= 0.3 is 0 Å². The predicted octanol–water partition coefficient (Wildman–Crippen LogP) is 3.19. The molecule has 1 aliphatic carbocycles. The number of methoxy groups -OCH3 is 1. The van der Waals surface area contributed by atoms with Gasteiger partial charge in [-0.3, -0.25) is 4.90 Å². The molecule has 1 spiro atoms. The normalized spacial score (nSPS) is 24.3. The number of hydrogen-bond donors (Lipinski definition) is 1. The van der Waals surface area contributed by atoms with Crippen molar-refractivity contribution in [2.24, 2.45) is 0 Å². The summed E-state index contributed by atoms with van der Waals surface area (Å²) in [5.74, 6) is 1.01. The van der Waals surface area contributed by atoms with Crippen LogP contribution in [0.3, 0.4) is 0 Å². The second-order valence-corrected chi connectivity index (χ2v) is 7.32. The van der Waals surface area contributed by atoms with Gasteiger partial charge in [0.2, 0.25) is 0 Å². The molecule has 2 fully saturated rings. The maximum Gasteiger partial charge on any atom is 0.123 e. The van der Waals surface area contributed by atoms with Gasteiger partial charge in [0.15, 0.2) is 0 Å². The van der Waals surface area contributed by atoms with Gasteiger partial charge in [-0.2, -0.15) is 0 Å². The fraction of sp³-hybridized carbons (Fsp3) is 0.667. The van der Waals surface area contributed by atoms with E-state index in [0.717, 1.165) is 25.4 Å². The molecule has 1 aromatic rings. The third kappa shape index (κ3) is 2.95. The highest BCUT2D eigenvalue weighted by Gasteiger charge is 2.44. The van der Waals surface area contributed by atoms with E-state index >= 15 is 0 Å². The van der Waals surface area contributed by atoms with Gasteiger partial charge < -0.3 is 10.1 Å². The SMILES string of the molecule is COc1ccccc1CN1CC2(CCCC2)NCC1(C)C. The number of benzene rings is 1. The third-order valence-electron chi connectivity index (χ3n) is 5.36. The lowest BCUT2D eigenvalue weighted by atomic mass is 9.87. The van der Waals surface area contributed by atoms with Crippen molar-refractivity contribution in [1.82, 2.24) is 10.2 Å². The smallest absolute Gasteiger partial charge is 0.123 e. The van der Waals surface area contributed by atoms with E-state index in [1.807, 2.05) is 6.07 Å². The maximum atomic E-state index is 5.53. The molecule has 3 nitrogen and oxygen atoms in total. The lowest BCUT2D eigenvalue weighted by Gasteiger charge is -2.51. The number of nitrogens with zero attached hydrogens (tertiary/aromatic N) is 1. The predicted molar refractivity (Wildman–Crippen MR) is 86.7 cm³/mol. The number of hydrogen-bond acceptors (Lipinski definition) is 3. The van der Waals surface area contributed by atoms with Gasteiger partial charge in [-0.05, 0) is 32.8 Å². The molecular formula is C18H28N2O. The van der Waals surface area contributed by atoms with Gasteiger partial charge in [0.1, 0.15) is 5.75 Å². The molecule has 116 valence electrons. The first kappa shape index (κ1) is 14.9. The van der Waals surface area contributed by atoms with Gasteiger partial charge in [-0.15, -0.1) is 0 Å². The molecule has 1 aromatic carbocycles. The van der Waals surface area contributed by atoms with E-state index in [2.05, 4.69) is 42.3 Å². The Hall–Kier alpha value is -1.06. The molecule has 1 aliphatic heterocycles. The molecule has 0 radical (unpaired) electrons. The molecule has 0 unspecified atom stereocenters. The second-order valence-electron chi connectivity index (χ2n) is 7.32. The molecular weight excluding hydrogens is 260 g/mol. The summed E-state index contributed by atoms with van der Waals surface area (Å²) in [6.45, 7) is 7.88. The van der Waals surface area contributed by atoms with E-state index in [-0.39, 0.29) is 5.54 Å². The average molecular weight is 288 g/mol. The molecule has 0 aromatic heterocycles. The minimum atomic E-state index is 0.189. The number of rotatable bonds is 3. The summed E-state index contributed by atoms with van der Waals surface area (Å²) in [5, 5.41) is 3.86. The van der Waals surface area contributed by atoms with E-state index in [4.69, 9.17) is 4.74 Å².